The first-order valence-electron chi connectivity index (χ1n) is 9.43. The van der Waals surface area contributed by atoms with E-state index in [9.17, 15) is 4.79 Å². The van der Waals surface area contributed by atoms with Crippen molar-refractivity contribution in [2.75, 3.05) is 11.4 Å². The van der Waals surface area contributed by atoms with Crippen molar-refractivity contribution < 1.29 is 4.79 Å². The fourth-order valence-electron chi connectivity index (χ4n) is 3.06. The molecule has 0 atom stereocenters. The Kier molecular flexibility index (Phi) is 6.62. The minimum Gasteiger partial charge on any atom is -0.284 e. The molecule has 4 aromatic rings. The van der Waals surface area contributed by atoms with Crippen LogP contribution in [0.4, 0.5) is 5.13 Å². The van der Waals surface area contributed by atoms with Gasteiger partial charge in [0.2, 0.25) is 0 Å². The summed E-state index contributed by atoms with van der Waals surface area (Å²) in [6, 6.07) is 25.1. The summed E-state index contributed by atoms with van der Waals surface area (Å²) in [5, 5.41) is 3.34. The molecule has 0 saturated carbocycles. The number of nitrogens with zero attached hydrogens (tertiary/aromatic N) is 2. The second-order valence-corrected chi connectivity index (χ2v) is 8.91. The maximum Gasteiger partial charge on any atom is 0.260 e. The predicted octanol–water partition coefficient (Wildman–Crippen LogP) is 7.12. The van der Waals surface area contributed by atoms with E-state index in [0.29, 0.717) is 22.3 Å². The van der Waals surface area contributed by atoms with Gasteiger partial charge in [-0.2, -0.15) is 0 Å². The number of hydrogen-bond acceptors (Lipinski definition) is 3. The number of halogens is 2. The number of benzene rings is 3. The normalized spacial score (nSPS) is 10.7. The molecule has 4 rings (SSSR count). The number of aromatic nitrogens is 1. The van der Waals surface area contributed by atoms with Crippen molar-refractivity contribution in [3.05, 3.63) is 105 Å². The maximum atomic E-state index is 13.3. The lowest BCUT2D eigenvalue weighted by atomic mass is 10.1. The topological polar surface area (TPSA) is 33.2 Å². The molecule has 0 aliphatic rings. The van der Waals surface area contributed by atoms with E-state index < -0.39 is 0 Å². The van der Waals surface area contributed by atoms with E-state index in [-0.39, 0.29) is 5.91 Å². The fraction of sp³-hybridized carbons (Fsp3) is 0.0833. The van der Waals surface area contributed by atoms with E-state index in [1.165, 1.54) is 16.9 Å². The minimum absolute atomic E-state index is 0.0598. The first kappa shape index (κ1) is 20.8. The molecule has 0 spiro atoms. The first-order valence-corrected chi connectivity index (χ1v) is 11.5. The van der Waals surface area contributed by atoms with Crippen LogP contribution in [0.5, 0.6) is 0 Å². The van der Waals surface area contributed by atoms with Crippen LogP contribution in [0.1, 0.15) is 15.9 Å². The van der Waals surface area contributed by atoms with E-state index in [2.05, 4.69) is 28.1 Å². The molecule has 3 nitrogen and oxygen atoms in total. The highest BCUT2D eigenvalue weighted by molar-refractivity contribution is 9.10. The summed E-state index contributed by atoms with van der Waals surface area (Å²) in [5.41, 5.74) is 3.62. The SMILES string of the molecule is O=C(c1ccc(Br)cc1)N(CCc1ccccc1)c1nc(-c2ccc(Cl)cc2)cs1. The average molecular weight is 498 g/mol. The van der Waals surface area contributed by atoms with Crippen LogP contribution < -0.4 is 4.90 Å². The van der Waals surface area contributed by atoms with Gasteiger partial charge >= 0.3 is 0 Å². The highest BCUT2D eigenvalue weighted by Gasteiger charge is 2.21. The number of hydrogen-bond donors (Lipinski definition) is 0. The van der Waals surface area contributed by atoms with Crippen LogP contribution in [0.25, 0.3) is 11.3 Å². The van der Waals surface area contributed by atoms with Crippen LogP contribution >= 0.6 is 38.9 Å². The minimum atomic E-state index is -0.0598. The molecule has 3 aromatic carbocycles. The Labute approximate surface area is 193 Å². The highest BCUT2D eigenvalue weighted by Crippen LogP contribution is 2.29. The molecule has 0 saturated heterocycles. The summed E-state index contributed by atoms with van der Waals surface area (Å²) < 4.78 is 0.939. The molecule has 0 radical (unpaired) electrons. The average Bonchev–Trinajstić information content (AvgIpc) is 3.25. The largest absolute Gasteiger partial charge is 0.284 e. The molecule has 0 bridgehead atoms. The van der Waals surface area contributed by atoms with E-state index in [1.54, 1.807) is 4.90 Å². The maximum absolute atomic E-state index is 13.3. The quantitative estimate of drug-likeness (QED) is 0.284. The van der Waals surface area contributed by atoms with Gasteiger partial charge in [0.05, 0.1) is 5.69 Å². The van der Waals surface area contributed by atoms with Gasteiger partial charge in [-0.25, -0.2) is 4.98 Å². The Balaban J connectivity index is 1.63. The summed E-state index contributed by atoms with van der Waals surface area (Å²) in [6.07, 6.45) is 0.749. The first-order chi connectivity index (χ1) is 14.6. The molecule has 0 unspecified atom stereocenters. The summed E-state index contributed by atoms with van der Waals surface area (Å²) in [7, 11) is 0. The van der Waals surface area contributed by atoms with Crippen LogP contribution in [0.2, 0.25) is 5.02 Å². The lowest BCUT2D eigenvalue weighted by Gasteiger charge is -2.20. The van der Waals surface area contributed by atoms with Crippen LogP contribution in [0.15, 0.2) is 88.7 Å². The van der Waals surface area contributed by atoms with Crippen molar-refractivity contribution in [2.24, 2.45) is 0 Å². The second kappa shape index (κ2) is 9.56. The van der Waals surface area contributed by atoms with Gasteiger partial charge < -0.3 is 0 Å². The lowest BCUT2D eigenvalue weighted by molar-refractivity contribution is 0.0987. The van der Waals surface area contributed by atoms with Gasteiger partial charge in [-0.3, -0.25) is 9.69 Å². The monoisotopic (exact) mass is 496 g/mol. The van der Waals surface area contributed by atoms with Gasteiger partial charge in [-0.15, -0.1) is 11.3 Å². The van der Waals surface area contributed by atoms with E-state index in [0.717, 1.165) is 22.2 Å². The molecule has 150 valence electrons. The Morgan fingerprint density at radius 2 is 1.67 bits per heavy atom. The van der Waals surface area contributed by atoms with Gasteiger partial charge in [0.15, 0.2) is 5.13 Å². The zero-order chi connectivity index (χ0) is 20.9. The van der Waals surface area contributed by atoms with Crippen LogP contribution in [-0.4, -0.2) is 17.4 Å². The second-order valence-electron chi connectivity index (χ2n) is 6.72. The smallest absolute Gasteiger partial charge is 0.260 e. The number of anilines is 1. The summed E-state index contributed by atoms with van der Waals surface area (Å²) in [4.78, 5) is 19.9. The van der Waals surface area contributed by atoms with E-state index >= 15 is 0 Å². The van der Waals surface area contributed by atoms with Crippen molar-refractivity contribution in [1.29, 1.82) is 0 Å². The molecular weight excluding hydrogens is 480 g/mol. The third-order valence-electron chi connectivity index (χ3n) is 4.67. The molecule has 0 fully saturated rings. The summed E-state index contributed by atoms with van der Waals surface area (Å²) >= 11 is 10.9. The molecule has 30 heavy (non-hydrogen) atoms. The number of carbonyl (C=O) groups is 1. The Bertz CT molecular complexity index is 1130. The predicted molar refractivity (Wildman–Crippen MR) is 129 cm³/mol. The number of rotatable bonds is 6. The third kappa shape index (κ3) is 4.98. The number of carbonyl (C=O) groups excluding carboxylic acids is 1. The Morgan fingerprint density at radius 1 is 0.967 bits per heavy atom. The van der Waals surface area contributed by atoms with Crippen molar-refractivity contribution in [3.8, 4) is 11.3 Å². The molecule has 6 heteroatoms. The highest BCUT2D eigenvalue weighted by atomic mass is 79.9. The fourth-order valence-corrected chi connectivity index (χ4v) is 4.31. The van der Waals surface area contributed by atoms with Gasteiger partial charge in [0.25, 0.3) is 5.91 Å². The Hall–Kier alpha value is -2.47. The zero-order valence-electron chi connectivity index (χ0n) is 16.0. The van der Waals surface area contributed by atoms with Crippen LogP contribution in [0, 0.1) is 0 Å². The third-order valence-corrected chi connectivity index (χ3v) is 6.31. The summed E-state index contributed by atoms with van der Waals surface area (Å²) in [6.45, 7) is 0.548. The summed E-state index contributed by atoms with van der Waals surface area (Å²) in [5.74, 6) is -0.0598. The lowest BCUT2D eigenvalue weighted by Crippen LogP contribution is -2.32. The molecule has 0 aliphatic heterocycles. The van der Waals surface area contributed by atoms with Crippen molar-refractivity contribution >= 4 is 49.9 Å². The molecule has 1 aromatic heterocycles. The molecule has 0 N–H and O–H groups in total. The van der Waals surface area contributed by atoms with Crippen molar-refractivity contribution in [3.63, 3.8) is 0 Å². The van der Waals surface area contributed by atoms with Gasteiger partial charge in [0.1, 0.15) is 0 Å². The van der Waals surface area contributed by atoms with Gasteiger partial charge in [-0.1, -0.05) is 70.0 Å². The van der Waals surface area contributed by atoms with Crippen molar-refractivity contribution in [1.82, 2.24) is 4.98 Å². The van der Waals surface area contributed by atoms with Crippen LogP contribution in [-0.2, 0) is 6.42 Å². The molecule has 0 aliphatic carbocycles. The number of thiazole rings is 1. The van der Waals surface area contributed by atoms with Crippen molar-refractivity contribution in [2.45, 2.75) is 6.42 Å². The van der Waals surface area contributed by atoms with Crippen LogP contribution in [0.3, 0.4) is 0 Å². The molecule has 1 heterocycles. The molecular formula is C24H18BrClN2OS. The standard InChI is InChI=1S/C24H18BrClN2OS/c25-20-10-6-19(7-11-20)23(29)28(15-14-17-4-2-1-3-5-17)24-27-22(16-30-24)18-8-12-21(26)13-9-18/h1-13,16H,14-15H2. The van der Waals surface area contributed by atoms with Gasteiger partial charge in [-0.05, 0) is 48.4 Å². The Morgan fingerprint density at radius 3 is 2.37 bits per heavy atom. The van der Waals surface area contributed by atoms with E-state index in [4.69, 9.17) is 16.6 Å². The van der Waals surface area contributed by atoms with E-state index in [1.807, 2.05) is 72.1 Å². The zero-order valence-corrected chi connectivity index (χ0v) is 19.1. The van der Waals surface area contributed by atoms with Gasteiger partial charge in [0, 0.05) is 32.5 Å². The number of amides is 1. The molecule has 1 amide bonds.